The molecular weight excluding hydrogens is 278 g/mol. The van der Waals surface area contributed by atoms with Crippen LogP contribution >= 0.6 is 11.6 Å². The summed E-state index contributed by atoms with van der Waals surface area (Å²) in [4.78, 5) is 14.2. The van der Waals surface area contributed by atoms with Crippen molar-refractivity contribution in [2.75, 3.05) is 17.3 Å². The third-order valence-electron chi connectivity index (χ3n) is 2.26. The molecular formula is C10H14ClN3O3S. The van der Waals surface area contributed by atoms with E-state index in [1.165, 1.54) is 12.1 Å². The number of pyridine rings is 1. The van der Waals surface area contributed by atoms with E-state index < -0.39 is 15.7 Å². The molecule has 0 bridgehead atoms. The van der Waals surface area contributed by atoms with Crippen LogP contribution in [0.15, 0.2) is 12.1 Å². The van der Waals surface area contributed by atoms with E-state index in [1.54, 1.807) is 6.26 Å². The van der Waals surface area contributed by atoms with Crippen molar-refractivity contribution in [2.24, 2.45) is 0 Å². The highest BCUT2D eigenvalue weighted by atomic mass is 35.5. The van der Waals surface area contributed by atoms with Gasteiger partial charge in [0, 0.05) is 34.9 Å². The fourth-order valence-electron chi connectivity index (χ4n) is 1.33. The minimum atomic E-state index is -0.883. The molecule has 0 aliphatic heterocycles. The SMILES string of the molecule is CC(CCS(C)=O)Nc1nc(Cl)ccc1[N+](=O)[O-]. The first-order valence-corrected chi connectivity index (χ1v) is 7.38. The molecule has 1 N–H and O–H groups in total. The zero-order valence-corrected chi connectivity index (χ0v) is 11.6. The van der Waals surface area contributed by atoms with Crippen LogP contribution in [0.25, 0.3) is 0 Å². The standard InChI is InChI=1S/C10H14ClN3O3S/c1-7(5-6-18(2)17)12-10-8(14(15)16)3-4-9(11)13-10/h3-4,7H,5-6H2,1-2H3,(H,12,13). The molecule has 0 radical (unpaired) electrons. The van der Waals surface area contributed by atoms with Gasteiger partial charge in [-0.05, 0) is 19.4 Å². The summed E-state index contributed by atoms with van der Waals surface area (Å²) in [6.45, 7) is 1.85. The number of halogens is 1. The smallest absolute Gasteiger partial charge is 0.311 e. The van der Waals surface area contributed by atoms with Crippen molar-refractivity contribution in [2.45, 2.75) is 19.4 Å². The van der Waals surface area contributed by atoms with Crippen LogP contribution in [0.5, 0.6) is 0 Å². The quantitative estimate of drug-likeness (QED) is 0.493. The monoisotopic (exact) mass is 291 g/mol. The molecule has 2 unspecified atom stereocenters. The molecule has 0 fully saturated rings. The Kier molecular flexibility index (Phi) is 5.49. The van der Waals surface area contributed by atoms with Gasteiger partial charge in [-0.3, -0.25) is 14.3 Å². The van der Waals surface area contributed by atoms with Gasteiger partial charge < -0.3 is 5.32 Å². The van der Waals surface area contributed by atoms with Gasteiger partial charge in [-0.15, -0.1) is 0 Å². The summed E-state index contributed by atoms with van der Waals surface area (Å²) in [6.07, 6.45) is 2.25. The lowest BCUT2D eigenvalue weighted by Gasteiger charge is -2.13. The van der Waals surface area contributed by atoms with Crippen LogP contribution < -0.4 is 5.32 Å². The van der Waals surface area contributed by atoms with Crippen LogP contribution in [-0.4, -0.2) is 32.2 Å². The summed E-state index contributed by atoms with van der Waals surface area (Å²) in [6, 6.07) is 2.61. The van der Waals surface area contributed by atoms with E-state index in [2.05, 4.69) is 10.3 Å². The highest BCUT2D eigenvalue weighted by molar-refractivity contribution is 7.84. The maximum atomic E-state index is 11.0. The average Bonchev–Trinajstić information content (AvgIpc) is 2.26. The average molecular weight is 292 g/mol. The van der Waals surface area contributed by atoms with Crippen LogP contribution in [0.2, 0.25) is 5.15 Å². The van der Waals surface area contributed by atoms with Crippen molar-refractivity contribution >= 4 is 33.9 Å². The summed E-state index contributed by atoms with van der Waals surface area (Å²) in [5.74, 6) is 0.671. The largest absolute Gasteiger partial charge is 0.362 e. The van der Waals surface area contributed by atoms with Gasteiger partial charge in [0.15, 0.2) is 0 Å². The topological polar surface area (TPSA) is 85.1 Å². The van der Waals surface area contributed by atoms with Crippen molar-refractivity contribution in [1.29, 1.82) is 0 Å². The fraction of sp³-hybridized carbons (Fsp3) is 0.500. The molecule has 1 aromatic rings. The first-order valence-electron chi connectivity index (χ1n) is 5.27. The van der Waals surface area contributed by atoms with Crippen molar-refractivity contribution < 1.29 is 9.13 Å². The van der Waals surface area contributed by atoms with E-state index in [4.69, 9.17) is 11.6 Å². The number of anilines is 1. The molecule has 0 aromatic carbocycles. The van der Waals surface area contributed by atoms with Crippen LogP contribution in [0.1, 0.15) is 13.3 Å². The van der Waals surface area contributed by atoms with E-state index in [9.17, 15) is 14.3 Å². The van der Waals surface area contributed by atoms with Crippen LogP contribution in [-0.2, 0) is 10.8 Å². The lowest BCUT2D eigenvalue weighted by atomic mass is 10.2. The second-order valence-corrected chi connectivity index (χ2v) is 5.81. The minimum absolute atomic E-state index is 0.0708. The van der Waals surface area contributed by atoms with Gasteiger partial charge in [0.25, 0.3) is 0 Å². The molecule has 18 heavy (non-hydrogen) atoms. The Labute approximate surface area is 112 Å². The van der Waals surface area contributed by atoms with Gasteiger partial charge in [0.2, 0.25) is 5.82 Å². The van der Waals surface area contributed by atoms with E-state index in [-0.39, 0.29) is 22.7 Å². The van der Waals surface area contributed by atoms with Gasteiger partial charge >= 0.3 is 5.69 Å². The second-order valence-electron chi connectivity index (χ2n) is 3.87. The molecule has 0 amide bonds. The molecule has 0 saturated carbocycles. The molecule has 1 rings (SSSR count). The molecule has 1 heterocycles. The number of hydrogen-bond donors (Lipinski definition) is 1. The normalized spacial score (nSPS) is 13.9. The minimum Gasteiger partial charge on any atom is -0.362 e. The van der Waals surface area contributed by atoms with Crippen LogP contribution in [0.4, 0.5) is 11.5 Å². The number of nitro groups is 1. The summed E-state index contributed by atoms with van der Waals surface area (Å²) >= 11 is 5.71. The number of rotatable bonds is 6. The van der Waals surface area contributed by atoms with Gasteiger partial charge in [0.05, 0.1) is 4.92 Å². The van der Waals surface area contributed by atoms with Crippen molar-refractivity contribution in [3.63, 3.8) is 0 Å². The summed E-state index contributed by atoms with van der Waals surface area (Å²) in [7, 11) is -0.883. The highest BCUT2D eigenvalue weighted by Crippen LogP contribution is 2.24. The van der Waals surface area contributed by atoms with Crippen LogP contribution in [0.3, 0.4) is 0 Å². The third-order valence-corrected chi connectivity index (χ3v) is 3.28. The first-order chi connectivity index (χ1) is 8.40. The van der Waals surface area contributed by atoms with E-state index >= 15 is 0 Å². The van der Waals surface area contributed by atoms with Crippen LogP contribution in [0, 0.1) is 10.1 Å². The van der Waals surface area contributed by atoms with Gasteiger partial charge in [-0.1, -0.05) is 11.6 Å². The fourth-order valence-corrected chi connectivity index (χ4v) is 2.16. The molecule has 0 saturated heterocycles. The Balaban J connectivity index is 2.79. The van der Waals surface area contributed by atoms with Crippen molar-refractivity contribution in [3.8, 4) is 0 Å². The lowest BCUT2D eigenvalue weighted by Crippen LogP contribution is -2.19. The van der Waals surface area contributed by atoms with Gasteiger partial charge in [-0.25, -0.2) is 4.98 Å². The number of nitrogens with zero attached hydrogens (tertiary/aromatic N) is 2. The molecule has 100 valence electrons. The van der Waals surface area contributed by atoms with E-state index in [0.29, 0.717) is 12.2 Å². The number of aromatic nitrogens is 1. The molecule has 1 aromatic heterocycles. The Hall–Kier alpha value is -1.21. The second kappa shape index (κ2) is 6.65. The summed E-state index contributed by atoms with van der Waals surface area (Å²) in [5.41, 5.74) is -0.121. The molecule has 8 heteroatoms. The molecule has 0 spiro atoms. The molecule has 2 atom stereocenters. The highest BCUT2D eigenvalue weighted by Gasteiger charge is 2.17. The third kappa shape index (κ3) is 4.58. The Morgan fingerprint density at radius 1 is 1.61 bits per heavy atom. The van der Waals surface area contributed by atoms with Crippen molar-refractivity contribution in [1.82, 2.24) is 4.98 Å². The van der Waals surface area contributed by atoms with Gasteiger partial charge in [0.1, 0.15) is 5.15 Å². The predicted octanol–water partition coefficient (Wildman–Crippen LogP) is 2.21. The first kappa shape index (κ1) is 14.8. The Morgan fingerprint density at radius 2 is 2.28 bits per heavy atom. The summed E-state index contributed by atoms with van der Waals surface area (Å²) < 4.78 is 11.0. The predicted molar refractivity (Wildman–Crippen MR) is 72.5 cm³/mol. The molecule has 0 aliphatic carbocycles. The zero-order valence-electron chi connectivity index (χ0n) is 10.1. The molecule has 0 aliphatic rings. The maximum absolute atomic E-state index is 11.0. The van der Waals surface area contributed by atoms with Crippen molar-refractivity contribution in [3.05, 3.63) is 27.4 Å². The summed E-state index contributed by atoms with van der Waals surface area (Å²) in [5, 5.41) is 13.9. The number of hydrogen-bond acceptors (Lipinski definition) is 5. The zero-order chi connectivity index (χ0) is 13.7. The number of nitrogens with one attached hydrogen (secondary N) is 1. The molecule has 6 nitrogen and oxygen atoms in total. The lowest BCUT2D eigenvalue weighted by molar-refractivity contribution is -0.384. The van der Waals surface area contributed by atoms with E-state index in [1.807, 2.05) is 6.92 Å². The Morgan fingerprint density at radius 3 is 2.83 bits per heavy atom. The Bertz CT molecular complexity index is 470. The van der Waals surface area contributed by atoms with E-state index in [0.717, 1.165) is 0 Å². The maximum Gasteiger partial charge on any atom is 0.311 e. The van der Waals surface area contributed by atoms with Gasteiger partial charge in [-0.2, -0.15) is 0 Å².